The highest BCUT2D eigenvalue weighted by atomic mass is 15.1. The molecule has 3 nitrogen and oxygen atoms in total. The molecule has 0 bridgehead atoms. The molecule has 1 heterocycles. The van der Waals surface area contributed by atoms with Crippen LogP contribution in [0.5, 0.6) is 0 Å². The van der Waals surface area contributed by atoms with Crippen LogP contribution < -0.4 is 10.2 Å². The molecule has 94 valence electrons. The number of para-hydroxylation sites is 2. The first-order chi connectivity index (χ1) is 8.81. The molecule has 0 aliphatic heterocycles. The molecule has 0 unspecified atom stereocenters. The maximum absolute atomic E-state index is 4.31. The second-order valence-corrected chi connectivity index (χ2v) is 4.21. The zero-order valence-corrected chi connectivity index (χ0v) is 10.9. The van der Waals surface area contributed by atoms with Crippen molar-refractivity contribution in [1.82, 2.24) is 4.98 Å². The van der Waals surface area contributed by atoms with Crippen LogP contribution in [0.25, 0.3) is 0 Å². The van der Waals surface area contributed by atoms with E-state index in [1.807, 2.05) is 30.5 Å². The topological polar surface area (TPSA) is 28.2 Å². The Morgan fingerprint density at radius 1 is 1.11 bits per heavy atom. The summed E-state index contributed by atoms with van der Waals surface area (Å²) in [6, 6.07) is 14.3. The highest BCUT2D eigenvalue weighted by Crippen LogP contribution is 2.24. The number of anilines is 2. The Morgan fingerprint density at radius 2 is 1.89 bits per heavy atom. The quantitative estimate of drug-likeness (QED) is 0.871. The van der Waals surface area contributed by atoms with Crippen molar-refractivity contribution in [3.05, 3.63) is 54.4 Å². The molecule has 0 radical (unpaired) electrons. The number of pyridine rings is 1. The van der Waals surface area contributed by atoms with Gasteiger partial charge in [-0.15, -0.1) is 0 Å². The minimum Gasteiger partial charge on any atom is -0.378 e. The minimum absolute atomic E-state index is 0.745. The van der Waals surface area contributed by atoms with Gasteiger partial charge < -0.3 is 10.2 Å². The number of benzene rings is 1. The average molecular weight is 241 g/mol. The van der Waals surface area contributed by atoms with Crippen LogP contribution in [0.15, 0.2) is 48.7 Å². The molecule has 0 saturated carbocycles. The van der Waals surface area contributed by atoms with E-state index < -0.39 is 0 Å². The summed E-state index contributed by atoms with van der Waals surface area (Å²) in [5.74, 6) is 0. The number of nitrogens with one attached hydrogen (secondary N) is 1. The van der Waals surface area contributed by atoms with E-state index in [4.69, 9.17) is 0 Å². The van der Waals surface area contributed by atoms with E-state index in [9.17, 15) is 0 Å². The molecule has 0 aliphatic rings. The molecule has 2 aromatic rings. The fourth-order valence-electron chi connectivity index (χ4n) is 1.81. The molecule has 0 saturated heterocycles. The second kappa shape index (κ2) is 6.05. The lowest BCUT2D eigenvalue weighted by atomic mass is 10.2. The van der Waals surface area contributed by atoms with E-state index in [0.29, 0.717) is 0 Å². The molecule has 0 amide bonds. The van der Waals surface area contributed by atoms with Gasteiger partial charge >= 0.3 is 0 Å². The third-order valence-corrected chi connectivity index (χ3v) is 2.98. The van der Waals surface area contributed by atoms with E-state index >= 15 is 0 Å². The smallest absolute Gasteiger partial charge is 0.0599 e. The van der Waals surface area contributed by atoms with Crippen molar-refractivity contribution in [3.63, 3.8) is 0 Å². The number of hydrogen-bond acceptors (Lipinski definition) is 3. The van der Waals surface area contributed by atoms with Gasteiger partial charge in [0.1, 0.15) is 0 Å². The predicted molar refractivity (Wildman–Crippen MR) is 76.9 cm³/mol. The Kier molecular flexibility index (Phi) is 4.18. The van der Waals surface area contributed by atoms with Crippen molar-refractivity contribution in [2.24, 2.45) is 0 Å². The summed E-state index contributed by atoms with van der Waals surface area (Å²) < 4.78 is 0. The molecule has 2 rings (SSSR count). The van der Waals surface area contributed by atoms with E-state index in [1.54, 1.807) is 0 Å². The molecule has 1 N–H and O–H groups in total. The van der Waals surface area contributed by atoms with Gasteiger partial charge in [0.15, 0.2) is 0 Å². The van der Waals surface area contributed by atoms with Crippen molar-refractivity contribution in [2.75, 3.05) is 23.8 Å². The van der Waals surface area contributed by atoms with Crippen LogP contribution in [0.1, 0.15) is 12.6 Å². The minimum atomic E-state index is 0.745. The Morgan fingerprint density at radius 3 is 2.61 bits per heavy atom. The fraction of sp³-hybridized carbons (Fsp3) is 0.267. The molecule has 1 aromatic carbocycles. The zero-order valence-electron chi connectivity index (χ0n) is 10.9. The normalized spacial score (nSPS) is 10.1. The van der Waals surface area contributed by atoms with Gasteiger partial charge in [0.05, 0.1) is 23.6 Å². The third kappa shape index (κ3) is 3.00. The lowest BCUT2D eigenvalue weighted by Gasteiger charge is -2.21. The predicted octanol–water partition coefficient (Wildman–Crippen LogP) is 3.15. The van der Waals surface area contributed by atoms with Gasteiger partial charge in [-0.05, 0) is 31.2 Å². The van der Waals surface area contributed by atoms with Gasteiger partial charge in [-0.1, -0.05) is 18.2 Å². The van der Waals surface area contributed by atoms with E-state index in [2.05, 4.69) is 47.4 Å². The SMILES string of the molecule is CCN(C)c1ccccc1NCc1ccccn1. The summed E-state index contributed by atoms with van der Waals surface area (Å²) in [6.07, 6.45) is 1.82. The van der Waals surface area contributed by atoms with Gasteiger partial charge in [0.25, 0.3) is 0 Å². The van der Waals surface area contributed by atoms with Crippen LogP contribution in [0.4, 0.5) is 11.4 Å². The van der Waals surface area contributed by atoms with Crippen LogP contribution in [0.2, 0.25) is 0 Å². The Labute approximate surface area is 108 Å². The Bertz CT molecular complexity index is 482. The summed E-state index contributed by atoms with van der Waals surface area (Å²) in [6.45, 7) is 3.88. The average Bonchev–Trinajstić information content (AvgIpc) is 2.45. The van der Waals surface area contributed by atoms with E-state index in [0.717, 1.165) is 24.5 Å². The Hall–Kier alpha value is -2.03. The largest absolute Gasteiger partial charge is 0.378 e. The Balaban J connectivity index is 2.10. The highest BCUT2D eigenvalue weighted by Gasteiger charge is 2.04. The maximum Gasteiger partial charge on any atom is 0.0599 e. The fourth-order valence-corrected chi connectivity index (χ4v) is 1.81. The molecule has 0 atom stereocenters. The van der Waals surface area contributed by atoms with Gasteiger partial charge in [0, 0.05) is 19.8 Å². The molecule has 3 heteroatoms. The summed E-state index contributed by atoms with van der Waals surface area (Å²) in [5, 5.41) is 3.44. The van der Waals surface area contributed by atoms with Crippen LogP contribution in [-0.4, -0.2) is 18.6 Å². The number of hydrogen-bond donors (Lipinski definition) is 1. The van der Waals surface area contributed by atoms with Gasteiger partial charge in [-0.3, -0.25) is 4.98 Å². The lowest BCUT2D eigenvalue weighted by molar-refractivity contribution is 0.962. The molecule has 0 fully saturated rings. The van der Waals surface area contributed by atoms with Gasteiger partial charge in [0.2, 0.25) is 0 Å². The highest BCUT2D eigenvalue weighted by molar-refractivity contribution is 5.69. The first kappa shape index (κ1) is 12.4. The van der Waals surface area contributed by atoms with E-state index in [-0.39, 0.29) is 0 Å². The number of rotatable bonds is 5. The van der Waals surface area contributed by atoms with Crippen molar-refractivity contribution in [2.45, 2.75) is 13.5 Å². The zero-order chi connectivity index (χ0) is 12.8. The van der Waals surface area contributed by atoms with Crippen molar-refractivity contribution < 1.29 is 0 Å². The standard InChI is InChI=1S/C15H19N3/c1-3-18(2)15-10-5-4-9-14(15)17-12-13-8-6-7-11-16-13/h4-11,17H,3,12H2,1-2H3. The third-order valence-electron chi connectivity index (χ3n) is 2.98. The second-order valence-electron chi connectivity index (χ2n) is 4.21. The van der Waals surface area contributed by atoms with E-state index in [1.165, 1.54) is 5.69 Å². The van der Waals surface area contributed by atoms with Crippen LogP contribution in [0.3, 0.4) is 0 Å². The molecular formula is C15H19N3. The van der Waals surface area contributed by atoms with Crippen LogP contribution in [-0.2, 0) is 6.54 Å². The lowest BCUT2D eigenvalue weighted by Crippen LogP contribution is -2.17. The molecule has 0 spiro atoms. The summed E-state index contributed by atoms with van der Waals surface area (Å²) in [7, 11) is 2.10. The van der Waals surface area contributed by atoms with Crippen molar-refractivity contribution in [1.29, 1.82) is 0 Å². The van der Waals surface area contributed by atoms with Gasteiger partial charge in [-0.2, -0.15) is 0 Å². The molecule has 18 heavy (non-hydrogen) atoms. The maximum atomic E-state index is 4.31. The van der Waals surface area contributed by atoms with Gasteiger partial charge in [-0.25, -0.2) is 0 Å². The van der Waals surface area contributed by atoms with Crippen LogP contribution >= 0.6 is 0 Å². The first-order valence-electron chi connectivity index (χ1n) is 6.25. The monoisotopic (exact) mass is 241 g/mol. The summed E-state index contributed by atoms with van der Waals surface area (Å²) in [5.41, 5.74) is 3.41. The van der Waals surface area contributed by atoms with Crippen molar-refractivity contribution in [3.8, 4) is 0 Å². The number of aromatic nitrogens is 1. The first-order valence-corrected chi connectivity index (χ1v) is 6.25. The van der Waals surface area contributed by atoms with Crippen LogP contribution in [0, 0.1) is 0 Å². The number of nitrogens with zero attached hydrogens (tertiary/aromatic N) is 2. The molecule has 0 aliphatic carbocycles. The summed E-state index contributed by atoms with van der Waals surface area (Å²) in [4.78, 5) is 6.54. The van der Waals surface area contributed by atoms with Crippen molar-refractivity contribution >= 4 is 11.4 Å². The molecule has 1 aromatic heterocycles. The summed E-state index contributed by atoms with van der Waals surface area (Å²) >= 11 is 0. The molecular weight excluding hydrogens is 222 g/mol.